The topological polar surface area (TPSA) is 52.6 Å². The molecule has 0 saturated heterocycles. The minimum atomic E-state index is -4.15. The van der Waals surface area contributed by atoms with Gasteiger partial charge in [0, 0.05) is 12.6 Å². The number of rotatable bonds is 10. The molecule has 21 heavy (non-hydrogen) atoms. The van der Waals surface area contributed by atoms with Crippen molar-refractivity contribution in [3.63, 3.8) is 0 Å². The molecule has 7 heteroatoms. The number of carbonyl (C=O) groups is 1. The van der Waals surface area contributed by atoms with Gasteiger partial charge in [-0.15, -0.1) is 0 Å². The van der Waals surface area contributed by atoms with Crippen LogP contribution >= 0.6 is 0 Å². The second-order valence-electron chi connectivity index (χ2n) is 5.81. The summed E-state index contributed by atoms with van der Waals surface area (Å²) in [7, 11) is 1.62. The lowest BCUT2D eigenvalue weighted by Gasteiger charge is -2.32. The van der Waals surface area contributed by atoms with E-state index in [-0.39, 0.29) is 12.6 Å². The Balaban J connectivity index is 4.34. The zero-order valence-corrected chi connectivity index (χ0v) is 13.3. The molecular weight excluding hydrogens is 285 g/mol. The minimum Gasteiger partial charge on any atom is -0.480 e. The highest BCUT2D eigenvalue weighted by Gasteiger charge is 2.36. The predicted molar refractivity (Wildman–Crippen MR) is 76.3 cm³/mol. The molecule has 0 amide bonds. The van der Waals surface area contributed by atoms with Crippen molar-refractivity contribution in [3.05, 3.63) is 0 Å². The third kappa shape index (κ3) is 8.26. The Kier molecular flexibility index (Phi) is 8.25. The molecule has 4 nitrogen and oxygen atoms in total. The van der Waals surface area contributed by atoms with Crippen LogP contribution in [0.15, 0.2) is 0 Å². The molecule has 0 aromatic carbocycles. The third-order valence-corrected chi connectivity index (χ3v) is 3.50. The van der Waals surface area contributed by atoms with Gasteiger partial charge in [0.2, 0.25) is 0 Å². The zero-order chi connectivity index (χ0) is 16.7. The first kappa shape index (κ1) is 20.2. The SMILES string of the molecule is CCC(CCCN(C)CCC(F)(F)F)(NC(C)C)C(=O)O. The molecule has 0 aliphatic carbocycles. The molecule has 0 rings (SSSR count). The van der Waals surface area contributed by atoms with Crippen molar-refractivity contribution < 1.29 is 23.1 Å². The van der Waals surface area contributed by atoms with Gasteiger partial charge in [0.25, 0.3) is 0 Å². The van der Waals surface area contributed by atoms with Crippen LogP contribution in [0, 0.1) is 0 Å². The monoisotopic (exact) mass is 312 g/mol. The molecule has 0 aliphatic heterocycles. The van der Waals surface area contributed by atoms with Crippen molar-refractivity contribution in [2.45, 2.75) is 64.2 Å². The van der Waals surface area contributed by atoms with Crippen molar-refractivity contribution in [2.75, 3.05) is 20.1 Å². The highest BCUT2D eigenvalue weighted by molar-refractivity contribution is 5.78. The first-order valence-corrected chi connectivity index (χ1v) is 7.29. The summed E-state index contributed by atoms with van der Waals surface area (Å²) in [6.07, 6.45) is -3.62. The van der Waals surface area contributed by atoms with Crippen LogP contribution in [0.5, 0.6) is 0 Å². The van der Waals surface area contributed by atoms with Crippen LogP contribution in [0.4, 0.5) is 13.2 Å². The molecule has 0 heterocycles. The summed E-state index contributed by atoms with van der Waals surface area (Å²) in [5.74, 6) is -0.906. The summed E-state index contributed by atoms with van der Waals surface area (Å²) >= 11 is 0. The van der Waals surface area contributed by atoms with E-state index in [4.69, 9.17) is 0 Å². The normalized spacial score (nSPS) is 15.5. The fraction of sp³-hybridized carbons (Fsp3) is 0.929. The lowest BCUT2D eigenvalue weighted by atomic mass is 9.89. The van der Waals surface area contributed by atoms with Gasteiger partial charge in [0.1, 0.15) is 5.54 Å². The Bertz CT molecular complexity index is 322. The van der Waals surface area contributed by atoms with Crippen molar-refractivity contribution in [3.8, 4) is 0 Å². The number of hydrogen-bond acceptors (Lipinski definition) is 3. The average molecular weight is 312 g/mol. The molecule has 0 fully saturated rings. The molecule has 2 N–H and O–H groups in total. The first-order chi connectivity index (χ1) is 9.52. The van der Waals surface area contributed by atoms with Gasteiger partial charge in [-0.05, 0) is 46.7 Å². The third-order valence-electron chi connectivity index (χ3n) is 3.50. The molecule has 126 valence electrons. The summed E-state index contributed by atoms with van der Waals surface area (Å²) in [5.41, 5.74) is -1.00. The summed E-state index contributed by atoms with van der Waals surface area (Å²) in [6, 6.07) is 0.0315. The second kappa shape index (κ2) is 8.58. The predicted octanol–water partition coefficient (Wildman–Crippen LogP) is 2.88. The van der Waals surface area contributed by atoms with E-state index in [0.717, 1.165) is 0 Å². The molecule has 1 unspecified atom stereocenters. The van der Waals surface area contributed by atoms with E-state index < -0.39 is 24.1 Å². The van der Waals surface area contributed by atoms with Crippen LogP contribution in [-0.2, 0) is 4.79 Å². The molecule has 0 saturated carbocycles. The molecule has 0 aromatic heterocycles. The fourth-order valence-corrected chi connectivity index (χ4v) is 2.30. The van der Waals surface area contributed by atoms with E-state index in [2.05, 4.69) is 5.32 Å². The van der Waals surface area contributed by atoms with E-state index in [1.54, 1.807) is 18.9 Å². The van der Waals surface area contributed by atoms with E-state index >= 15 is 0 Å². The number of carboxylic acids is 1. The highest BCUT2D eigenvalue weighted by Crippen LogP contribution is 2.21. The number of alkyl halides is 3. The number of halogens is 3. The lowest BCUT2D eigenvalue weighted by molar-refractivity contribution is -0.145. The number of carboxylic acid groups (broad SMARTS) is 1. The van der Waals surface area contributed by atoms with E-state index in [1.807, 2.05) is 13.8 Å². The van der Waals surface area contributed by atoms with Gasteiger partial charge in [0.05, 0.1) is 6.42 Å². The van der Waals surface area contributed by atoms with Crippen molar-refractivity contribution in [1.29, 1.82) is 0 Å². The van der Waals surface area contributed by atoms with Crippen LogP contribution in [0.1, 0.15) is 46.5 Å². The van der Waals surface area contributed by atoms with Crippen molar-refractivity contribution in [2.24, 2.45) is 0 Å². The maximum absolute atomic E-state index is 12.1. The quantitative estimate of drug-likeness (QED) is 0.651. The van der Waals surface area contributed by atoms with Crippen molar-refractivity contribution in [1.82, 2.24) is 10.2 Å². The van der Waals surface area contributed by atoms with Crippen LogP contribution in [0.3, 0.4) is 0 Å². The summed E-state index contributed by atoms with van der Waals surface area (Å²) in [6.45, 7) is 5.95. The Labute approximate surface area is 124 Å². The number of nitrogens with one attached hydrogen (secondary N) is 1. The summed E-state index contributed by atoms with van der Waals surface area (Å²) < 4.78 is 36.4. The summed E-state index contributed by atoms with van der Waals surface area (Å²) in [4.78, 5) is 13.1. The standard InChI is InChI=1S/C14H27F3N2O2/c1-5-13(12(20)21,18-11(2)3)7-6-9-19(4)10-8-14(15,16)17/h11,18H,5-10H2,1-4H3,(H,20,21). The van der Waals surface area contributed by atoms with Crippen molar-refractivity contribution >= 4 is 5.97 Å². The van der Waals surface area contributed by atoms with Gasteiger partial charge in [-0.1, -0.05) is 6.92 Å². The molecule has 0 radical (unpaired) electrons. The second-order valence-corrected chi connectivity index (χ2v) is 5.81. The van der Waals surface area contributed by atoms with Crippen LogP contribution < -0.4 is 5.32 Å². The average Bonchev–Trinajstić information content (AvgIpc) is 2.33. The molecule has 0 spiro atoms. The maximum atomic E-state index is 12.1. The number of aliphatic carboxylic acids is 1. The maximum Gasteiger partial charge on any atom is 0.390 e. The Morgan fingerprint density at radius 1 is 1.24 bits per heavy atom. The van der Waals surface area contributed by atoms with Gasteiger partial charge in [-0.25, -0.2) is 0 Å². The van der Waals surface area contributed by atoms with Crippen LogP contribution in [-0.4, -0.2) is 53.9 Å². The smallest absolute Gasteiger partial charge is 0.390 e. The van der Waals surface area contributed by atoms with Crippen LogP contribution in [0.2, 0.25) is 0 Å². The van der Waals surface area contributed by atoms with Gasteiger partial charge in [-0.3, -0.25) is 10.1 Å². The van der Waals surface area contributed by atoms with Crippen LogP contribution in [0.25, 0.3) is 0 Å². The number of nitrogens with zero attached hydrogens (tertiary/aromatic N) is 1. The van der Waals surface area contributed by atoms with E-state index in [1.165, 1.54) is 0 Å². The largest absolute Gasteiger partial charge is 0.480 e. The lowest BCUT2D eigenvalue weighted by Crippen LogP contribution is -2.54. The first-order valence-electron chi connectivity index (χ1n) is 7.29. The van der Waals surface area contributed by atoms with Gasteiger partial charge in [-0.2, -0.15) is 13.2 Å². The Morgan fingerprint density at radius 2 is 1.81 bits per heavy atom. The molecule has 0 bridgehead atoms. The number of hydrogen-bond donors (Lipinski definition) is 2. The highest BCUT2D eigenvalue weighted by atomic mass is 19.4. The van der Waals surface area contributed by atoms with E-state index in [0.29, 0.717) is 25.8 Å². The molecular formula is C14H27F3N2O2. The van der Waals surface area contributed by atoms with E-state index in [9.17, 15) is 23.1 Å². The Hall–Kier alpha value is -0.820. The zero-order valence-electron chi connectivity index (χ0n) is 13.3. The fourth-order valence-electron chi connectivity index (χ4n) is 2.30. The molecule has 0 aliphatic rings. The Morgan fingerprint density at radius 3 is 2.19 bits per heavy atom. The summed E-state index contributed by atoms with van der Waals surface area (Å²) in [5, 5.41) is 12.5. The molecule has 0 aromatic rings. The van der Waals surface area contributed by atoms with Gasteiger partial charge in [0.15, 0.2) is 0 Å². The van der Waals surface area contributed by atoms with Gasteiger partial charge >= 0.3 is 12.1 Å². The molecule has 1 atom stereocenters. The minimum absolute atomic E-state index is 0.0315. The van der Waals surface area contributed by atoms with Gasteiger partial charge < -0.3 is 10.0 Å².